The van der Waals surface area contributed by atoms with Gasteiger partial charge in [-0.3, -0.25) is 4.90 Å². The van der Waals surface area contributed by atoms with Crippen molar-refractivity contribution in [2.75, 3.05) is 6.54 Å². The van der Waals surface area contributed by atoms with E-state index in [0.717, 1.165) is 13.0 Å². The van der Waals surface area contributed by atoms with Crippen LogP contribution >= 0.6 is 11.3 Å². The van der Waals surface area contributed by atoms with Crippen LogP contribution < -0.4 is 5.73 Å². The predicted molar refractivity (Wildman–Crippen MR) is 80.0 cm³/mol. The summed E-state index contributed by atoms with van der Waals surface area (Å²) in [4.78, 5) is 5.17. The van der Waals surface area contributed by atoms with Crippen molar-refractivity contribution in [2.45, 2.75) is 57.7 Å². The van der Waals surface area contributed by atoms with E-state index in [4.69, 9.17) is 11.0 Å². The van der Waals surface area contributed by atoms with Crippen LogP contribution in [0.2, 0.25) is 0 Å². The topological polar surface area (TPSA) is 53.0 Å². The summed E-state index contributed by atoms with van der Waals surface area (Å²) in [6, 6.07) is 7.72. The molecule has 0 aliphatic heterocycles. The van der Waals surface area contributed by atoms with Gasteiger partial charge in [-0.25, -0.2) is 0 Å². The van der Waals surface area contributed by atoms with Crippen molar-refractivity contribution in [1.29, 1.82) is 5.26 Å². The van der Waals surface area contributed by atoms with Crippen molar-refractivity contribution in [3.63, 3.8) is 0 Å². The standard InChI is InChI=1S/C15H23N3S/c1-3-13(17)15(14-8-5-11(2)19-14)18(10-4-9-16)12-6-7-12/h5,8,12-13,15H,3-4,6-7,10,17H2,1-2H3. The molecule has 1 aliphatic carbocycles. The Morgan fingerprint density at radius 2 is 2.26 bits per heavy atom. The molecule has 0 aromatic carbocycles. The molecule has 1 fully saturated rings. The predicted octanol–water partition coefficient (Wildman–Crippen LogP) is 3.21. The molecule has 1 aromatic rings. The van der Waals surface area contributed by atoms with E-state index < -0.39 is 0 Å². The zero-order chi connectivity index (χ0) is 13.8. The van der Waals surface area contributed by atoms with E-state index in [0.29, 0.717) is 12.5 Å². The fourth-order valence-corrected chi connectivity index (χ4v) is 3.66. The number of nitrogens with two attached hydrogens (primary N) is 1. The molecule has 3 nitrogen and oxygen atoms in total. The van der Waals surface area contributed by atoms with E-state index in [9.17, 15) is 0 Å². The summed E-state index contributed by atoms with van der Waals surface area (Å²) in [6.07, 6.45) is 4.07. The van der Waals surface area contributed by atoms with Gasteiger partial charge in [0.05, 0.1) is 12.1 Å². The monoisotopic (exact) mass is 277 g/mol. The molecule has 2 rings (SSSR count). The molecule has 2 unspecified atom stereocenters. The summed E-state index contributed by atoms with van der Waals surface area (Å²) in [7, 11) is 0. The van der Waals surface area contributed by atoms with Crippen LogP contribution in [0.5, 0.6) is 0 Å². The van der Waals surface area contributed by atoms with Gasteiger partial charge in [-0.05, 0) is 38.3 Å². The molecule has 0 saturated heterocycles. The van der Waals surface area contributed by atoms with Gasteiger partial charge >= 0.3 is 0 Å². The fraction of sp³-hybridized carbons (Fsp3) is 0.667. The Kier molecular flexibility index (Phi) is 4.98. The molecule has 0 bridgehead atoms. The molecule has 1 saturated carbocycles. The third kappa shape index (κ3) is 3.56. The van der Waals surface area contributed by atoms with E-state index in [-0.39, 0.29) is 12.1 Å². The first-order valence-corrected chi connectivity index (χ1v) is 7.93. The third-order valence-corrected chi connectivity index (χ3v) is 4.86. The van der Waals surface area contributed by atoms with Crippen molar-refractivity contribution < 1.29 is 0 Å². The van der Waals surface area contributed by atoms with Crippen LogP contribution in [0.15, 0.2) is 12.1 Å². The SMILES string of the molecule is CCC(N)C(c1ccc(C)s1)N(CCC#N)C1CC1. The summed E-state index contributed by atoms with van der Waals surface area (Å²) in [5, 5.41) is 8.86. The second-order valence-electron chi connectivity index (χ2n) is 5.34. The summed E-state index contributed by atoms with van der Waals surface area (Å²) >= 11 is 1.84. The van der Waals surface area contributed by atoms with Gasteiger partial charge in [-0.15, -0.1) is 11.3 Å². The minimum absolute atomic E-state index is 0.150. The second kappa shape index (κ2) is 6.51. The lowest BCUT2D eigenvalue weighted by Crippen LogP contribution is -2.42. The van der Waals surface area contributed by atoms with Crippen LogP contribution in [-0.2, 0) is 0 Å². The Morgan fingerprint density at radius 3 is 2.74 bits per heavy atom. The highest BCUT2D eigenvalue weighted by molar-refractivity contribution is 7.12. The van der Waals surface area contributed by atoms with Crippen LogP contribution in [-0.4, -0.2) is 23.5 Å². The first-order valence-electron chi connectivity index (χ1n) is 7.12. The lowest BCUT2D eigenvalue weighted by Gasteiger charge is -2.34. The van der Waals surface area contributed by atoms with E-state index in [2.05, 4.69) is 36.9 Å². The van der Waals surface area contributed by atoms with Gasteiger partial charge in [0.25, 0.3) is 0 Å². The van der Waals surface area contributed by atoms with Crippen LogP contribution in [0.1, 0.15) is 48.4 Å². The first-order chi connectivity index (χ1) is 9.17. The Hall–Kier alpha value is -0.890. The Labute approximate surface area is 120 Å². The number of thiophene rings is 1. The number of rotatable bonds is 7. The number of hydrogen-bond acceptors (Lipinski definition) is 4. The van der Waals surface area contributed by atoms with Crippen molar-refractivity contribution >= 4 is 11.3 Å². The van der Waals surface area contributed by atoms with Crippen LogP contribution in [0, 0.1) is 18.3 Å². The highest BCUT2D eigenvalue weighted by Crippen LogP contribution is 2.38. The van der Waals surface area contributed by atoms with Crippen LogP contribution in [0.4, 0.5) is 0 Å². The van der Waals surface area contributed by atoms with Crippen molar-refractivity contribution in [1.82, 2.24) is 4.90 Å². The summed E-state index contributed by atoms with van der Waals surface area (Å²) < 4.78 is 0. The van der Waals surface area contributed by atoms with E-state index in [1.54, 1.807) is 0 Å². The minimum Gasteiger partial charge on any atom is -0.326 e. The van der Waals surface area contributed by atoms with E-state index >= 15 is 0 Å². The Bertz CT molecular complexity index is 444. The quantitative estimate of drug-likeness (QED) is 0.832. The lowest BCUT2D eigenvalue weighted by atomic mass is 10.0. The normalized spacial score (nSPS) is 18.3. The van der Waals surface area contributed by atoms with Crippen molar-refractivity contribution in [2.24, 2.45) is 5.73 Å². The molecule has 1 aliphatic rings. The molecule has 2 atom stereocenters. The number of nitriles is 1. The summed E-state index contributed by atoms with van der Waals surface area (Å²) in [5.41, 5.74) is 6.38. The maximum atomic E-state index is 8.86. The van der Waals surface area contributed by atoms with E-state index in [1.807, 2.05) is 11.3 Å². The van der Waals surface area contributed by atoms with Gasteiger partial charge in [0.15, 0.2) is 0 Å². The molecule has 4 heteroatoms. The maximum absolute atomic E-state index is 8.86. The first kappa shape index (κ1) is 14.5. The van der Waals surface area contributed by atoms with Crippen LogP contribution in [0.25, 0.3) is 0 Å². The fourth-order valence-electron chi connectivity index (χ4n) is 2.59. The molecule has 0 spiro atoms. The Balaban J connectivity index is 2.22. The molecular formula is C15H23N3S. The molecule has 1 heterocycles. The van der Waals surface area contributed by atoms with Gasteiger partial charge in [0.2, 0.25) is 0 Å². The molecule has 104 valence electrons. The zero-order valence-electron chi connectivity index (χ0n) is 11.8. The lowest BCUT2D eigenvalue weighted by molar-refractivity contribution is 0.166. The smallest absolute Gasteiger partial charge is 0.0635 e. The third-order valence-electron chi connectivity index (χ3n) is 3.78. The van der Waals surface area contributed by atoms with Gasteiger partial charge < -0.3 is 5.73 Å². The molecule has 0 radical (unpaired) electrons. The number of aryl methyl sites for hydroxylation is 1. The number of nitrogens with zero attached hydrogens (tertiary/aromatic N) is 2. The molecule has 1 aromatic heterocycles. The molecule has 19 heavy (non-hydrogen) atoms. The van der Waals surface area contributed by atoms with Gasteiger partial charge in [-0.1, -0.05) is 6.92 Å². The minimum atomic E-state index is 0.150. The average Bonchev–Trinajstić information content (AvgIpc) is 3.16. The largest absolute Gasteiger partial charge is 0.326 e. The van der Waals surface area contributed by atoms with Gasteiger partial charge in [0, 0.05) is 34.8 Å². The molecular weight excluding hydrogens is 254 g/mol. The maximum Gasteiger partial charge on any atom is 0.0635 e. The number of hydrogen-bond donors (Lipinski definition) is 1. The van der Waals surface area contributed by atoms with Crippen LogP contribution in [0.3, 0.4) is 0 Å². The highest BCUT2D eigenvalue weighted by Gasteiger charge is 2.37. The second-order valence-corrected chi connectivity index (χ2v) is 6.66. The van der Waals surface area contributed by atoms with Crippen molar-refractivity contribution in [3.05, 3.63) is 21.9 Å². The molecule has 0 amide bonds. The average molecular weight is 277 g/mol. The molecule has 2 N–H and O–H groups in total. The van der Waals surface area contributed by atoms with E-state index in [1.165, 1.54) is 22.6 Å². The summed E-state index contributed by atoms with van der Waals surface area (Å²) in [5.74, 6) is 0. The zero-order valence-corrected chi connectivity index (χ0v) is 12.6. The summed E-state index contributed by atoms with van der Waals surface area (Å²) in [6.45, 7) is 5.13. The van der Waals surface area contributed by atoms with Gasteiger partial charge in [0.1, 0.15) is 0 Å². The Morgan fingerprint density at radius 1 is 1.53 bits per heavy atom. The van der Waals surface area contributed by atoms with Gasteiger partial charge in [-0.2, -0.15) is 5.26 Å². The highest BCUT2D eigenvalue weighted by atomic mass is 32.1. The van der Waals surface area contributed by atoms with Crippen molar-refractivity contribution in [3.8, 4) is 6.07 Å².